The van der Waals surface area contributed by atoms with Crippen LogP contribution >= 0.6 is 11.3 Å². The van der Waals surface area contributed by atoms with E-state index in [2.05, 4.69) is 201 Å². The Kier molecular flexibility index (Phi) is 8.08. The second-order valence-corrected chi connectivity index (χ2v) is 24.4. The fourth-order valence-corrected chi connectivity index (χ4v) is 14.3. The van der Waals surface area contributed by atoms with Crippen LogP contribution in [0.1, 0.15) is 109 Å². The minimum Gasteiger partial charge on any atom is -0.456 e. The van der Waals surface area contributed by atoms with Crippen molar-refractivity contribution in [1.29, 1.82) is 0 Å². The van der Waals surface area contributed by atoms with Gasteiger partial charge in [0.2, 0.25) is 0 Å². The lowest BCUT2D eigenvalue weighted by Crippen LogP contribution is -2.37. The maximum Gasteiger partial charge on any atom is 0.197 e. The number of thiophene rings is 1. The van der Waals surface area contributed by atoms with Crippen LogP contribution in [0.3, 0.4) is 0 Å². The predicted molar refractivity (Wildman–Crippen MR) is 294 cm³/mol. The number of nitrogens with zero attached hydrogens (tertiary/aromatic N) is 1. The molecule has 3 aliphatic rings. The van der Waals surface area contributed by atoms with Crippen molar-refractivity contribution >= 4 is 116 Å². The van der Waals surface area contributed by atoms with E-state index in [0.29, 0.717) is 0 Å². The van der Waals surface area contributed by atoms with Gasteiger partial charge in [0, 0.05) is 58.8 Å². The highest BCUT2D eigenvalue weighted by molar-refractivity contribution is 7.26. The Morgan fingerprint density at radius 2 is 1.21 bits per heavy atom. The molecule has 14 rings (SSSR count). The van der Waals surface area contributed by atoms with Crippen molar-refractivity contribution in [2.75, 3.05) is 5.32 Å². The van der Waals surface area contributed by atoms with Crippen LogP contribution in [0.4, 0.5) is 11.4 Å². The number of aromatic nitrogens is 1. The van der Waals surface area contributed by atoms with Gasteiger partial charge in [0.15, 0.2) is 7.28 Å². The lowest BCUT2D eigenvalue weighted by atomic mass is 9.58. The normalized spacial score (nSPS) is 17.5. The summed E-state index contributed by atoms with van der Waals surface area (Å²) in [5.74, 6) is 0. The summed E-state index contributed by atoms with van der Waals surface area (Å²) in [5, 5.41) is 14.3. The van der Waals surface area contributed by atoms with E-state index in [1.165, 1.54) is 140 Å². The quantitative estimate of drug-likeness (QED) is 0.179. The Morgan fingerprint density at radius 3 is 1.97 bits per heavy atom. The van der Waals surface area contributed by atoms with Crippen LogP contribution in [0, 0.1) is 6.92 Å². The van der Waals surface area contributed by atoms with Gasteiger partial charge in [0.25, 0.3) is 0 Å². The standard InChI is InChI=1S/C63H56BN2OS/c1-34-29-41-43(62(6,7)27-25-60(41,2)3)32-47(34)65-46-22-24-51-56(39-30-42-44(33-52(39)68-51)63(8,9)28-26-61(42,4)5)54(46)40-31-50-55(37-17-12-13-20-49(37)67-50)59-57(40)64-45-19-14-18-38-53-36-16-11-10-15-35(36)21-23-48(53)66(59)58(38)45/h10-24,29-33,65H,25-28H2,1-9H3. The van der Waals surface area contributed by atoms with Gasteiger partial charge >= 0.3 is 0 Å². The first-order valence-electron chi connectivity index (χ1n) is 24.8. The molecule has 3 nitrogen and oxygen atoms in total. The first-order valence-corrected chi connectivity index (χ1v) is 25.7. The lowest BCUT2D eigenvalue weighted by Gasteiger charge is -2.42. The predicted octanol–water partition coefficient (Wildman–Crippen LogP) is 16.6. The van der Waals surface area contributed by atoms with Crippen LogP contribution in [0.5, 0.6) is 0 Å². The summed E-state index contributed by atoms with van der Waals surface area (Å²) in [6, 6.07) is 46.4. The molecular weight excluding hydrogens is 844 g/mol. The Morgan fingerprint density at radius 1 is 0.544 bits per heavy atom. The third-order valence-corrected chi connectivity index (χ3v) is 18.4. The molecule has 11 aromatic rings. The van der Waals surface area contributed by atoms with Crippen LogP contribution in [0.15, 0.2) is 126 Å². The second kappa shape index (κ2) is 13.5. The van der Waals surface area contributed by atoms with Gasteiger partial charge in [0.1, 0.15) is 11.2 Å². The summed E-state index contributed by atoms with van der Waals surface area (Å²) in [6.45, 7) is 21.8. The summed E-state index contributed by atoms with van der Waals surface area (Å²) in [7, 11) is 2.49. The van der Waals surface area contributed by atoms with E-state index in [1.54, 1.807) is 0 Å². The van der Waals surface area contributed by atoms with E-state index in [4.69, 9.17) is 4.42 Å². The molecule has 8 aromatic carbocycles. The number of aryl methyl sites for hydroxylation is 1. The summed E-state index contributed by atoms with van der Waals surface area (Å²) in [5.41, 5.74) is 20.2. The van der Waals surface area contributed by atoms with Crippen molar-refractivity contribution in [1.82, 2.24) is 4.57 Å². The van der Waals surface area contributed by atoms with E-state index in [1.807, 2.05) is 11.3 Å². The minimum atomic E-state index is 0.0685. The molecule has 0 bridgehead atoms. The summed E-state index contributed by atoms with van der Waals surface area (Å²) >= 11 is 1.95. The van der Waals surface area contributed by atoms with Gasteiger partial charge in [-0.2, -0.15) is 0 Å². The Bertz CT molecular complexity index is 4060. The number of para-hydroxylation sites is 2. The van der Waals surface area contributed by atoms with Crippen molar-refractivity contribution < 1.29 is 4.42 Å². The van der Waals surface area contributed by atoms with Crippen molar-refractivity contribution in [2.45, 2.75) is 110 Å². The molecule has 2 aliphatic carbocycles. The molecule has 1 N–H and O–H groups in total. The molecule has 0 saturated carbocycles. The molecule has 0 atom stereocenters. The van der Waals surface area contributed by atoms with E-state index < -0.39 is 0 Å². The van der Waals surface area contributed by atoms with Gasteiger partial charge in [-0.3, -0.25) is 0 Å². The first kappa shape index (κ1) is 40.7. The van der Waals surface area contributed by atoms with E-state index in [-0.39, 0.29) is 21.7 Å². The molecule has 1 aliphatic heterocycles. The van der Waals surface area contributed by atoms with Crippen LogP contribution in [-0.2, 0) is 21.7 Å². The highest BCUT2D eigenvalue weighted by Crippen LogP contribution is 2.53. The number of hydrogen-bond donors (Lipinski definition) is 1. The van der Waals surface area contributed by atoms with Crippen molar-refractivity contribution in [3.63, 3.8) is 0 Å². The number of hydrogen-bond acceptors (Lipinski definition) is 3. The molecule has 5 heteroatoms. The van der Waals surface area contributed by atoms with Gasteiger partial charge < -0.3 is 14.3 Å². The first-order chi connectivity index (χ1) is 32.6. The topological polar surface area (TPSA) is 30.1 Å². The molecule has 0 saturated heterocycles. The van der Waals surface area contributed by atoms with Crippen LogP contribution in [-0.4, -0.2) is 11.8 Å². The third-order valence-electron chi connectivity index (χ3n) is 17.3. The summed E-state index contributed by atoms with van der Waals surface area (Å²) in [4.78, 5) is 0. The fraction of sp³-hybridized carbons (Fsp3) is 0.270. The highest BCUT2D eigenvalue weighted by atomic mass is 32.1. The van der Waals surface area contributed by atoms with E-state index in [9.17, 15) is 0 Å². The number of rotatable bonds is 3. The van der Waals surface area contributed by atoms with Crippen LogP contribution in [0.25, 0.3) is 91.5 Å². The third kappa shape index (κ3) is 5.48. The number of anilines is 2. The molecular formula is C63H56BN2OS. The monoisotopic (exact) mass is 899 g/mol. The molecule has 4 heterocycles. The zero-order valence-electron chi connectivity index (χ0n) is 40.7. The Labute approximate surface area is 403 Å². The Balaban J connectivity index is 1.13. The Hall–Kier alpha value is -6.30. The molecule has 0 spiro atoms. The number of nitrogens with one attached hydrogen (secondary N) is 1. The highest BCUT2D eigenvalue weighted by Gasteiger charge is 2.40. The smallest absolute Gasteiger partial charge is 0.197 e. The van der Waals surface area contributed by atoms with Gasteiger partial charge in [-0.25, -0.2) is 0 Å². The van der Waals surface area contributed by atoms with E-state index in [0.717, 1.165) is 27.6 Å². The minimum absolute atomic E-state index is 0.0685. The van der Waals surface area contributed by atoms with E-state index >= 15 is 0 Å². The molecule has 0 fully saturated rings. The van der Waals surface area contributed by atoms with Gasteiger partial charge in [0.05, 0.1) is 16.6 Å². The number of fused-ring (bicyclic) bond motifs is 16. The maximum atomic E-state index is 7.07. The van der Waals surface area contributed by atoms with Gasteiger partial charge in [-0.1, -0.05) is 134 Å². The van der Waals surface area contributed by atoms with Crippen LogP contribution < -0.4 is 16.2 Å². The fourth-order valence-electron chi connectivity index (χ4n) is 13.1. The van der Waals surface area contributed by atoms with Crippen molar-refractivity contribution in [3.8, 4) is 16.8 Å². The zero-order chi connectivity index (χ0) is 46.4. The molecule has 68 heavy (non-hydrogen) atoms. The van der Waals surface area contributed by atoms with Gasteiger partial charge in [-0.05, 0) is 152 Å². The lowest BCUT2D eigenvalue weighted by molar-refractivity contribution is 0.332. The largest absolute Gasteiger partial charge is 0.456 e. The molecule has 333 valence electrons. The van der Waals surface area contributed by atoms with Crippen molar-refractivity contribution in [3.05, 3.63) is 149 Å². The summed E-state index contributed by atoms with van der Waals surface area (Å²) < 4.78 is 12.3. The van der Waals surface area contributed by atoms with Crippen molar-refractivity contribution in [2.24, 2.45) is 0 Å². The SMILES string of the molecule is Cc1cc2c(cc1Nc1ccc3sc4cc5c(cc4c3c1-c1cc3oc4ccccc4c3c3c1[B]c1cccc4c6c7ccccc7ccc6n-3c14)C(C)(C)CCC5(C)C)C(C)(C)CCC2(C)C. The maximum absolute atomic E-state index is 7.07. The zero-order valence-corrected chi connectivity index (χ0v) is 41.5. The average molecular weight is 900 g/mol. The second-order valence-electron chi connectivity index (χ2n) is 23.3. The molecule has 1 radical (unpaired) electrons. The molecule has 3 aromatic heterocycles. The van der Waals surface area contributed by atoms with Crippen LogP contribution in [0.2, 0.25) is 0 Å². The molecule has 0 amide bonds. The number of furan rings is 1. The average Bonchev–Trinajstić information content (AvgIpc) is 4.00. The number of benzene rings is 8. The molecule has 0 unspecified atom stereocenters. The summed E-state index contributed by atoms with van der Waals surface area (Å²) in [6.07, 6.45) is 4.72. The van der Waals surface area contributed by atoms with Gasteiger partial charge in [-0.15, -0.1) is 11.3 Å².